The van der Waals surface area contributed by atoms with Gasteiger partial charge in [0.1, 0.15) is 12.2 Å². The van der Waals surface area contributed by atoms with Gasteiger partial charge in [0, 0.05) is 24.0 Å². The minimum Gasteiger partial charge on any atom is -0.378 e. The van der Waals surface area contributed by atoms with Gasteiger partial charge in [0.25, 0.3) is 0 Å². The molecule has 0 spiro atoms. The predicted octanol–water partition coefficient (Wildman–Crippen LogP) is 4.47. The maximum atomic E-state index is 10.7. The van der Waals surface area contributed by atoms with Gasteiger partial charge >= 0.3 is 0 Å². The Morgan fingerprint density at radius 1 is 1.00 bits per heavy atom. The molecule has 0 saturated carbocycles. The molecular formula is C25H33N3O5. The summed E-state index contributed by atoms with van der Waals surface area (Å²) in [6, 6.07) is 19.8. The van der Waals surface area contributed by atoms with Gasteiger partial charge in [-0.2, -0.15) is 0 Å². The minimum absolute atomic E-state index is 0.0810. The highest BCUT2D eigenvalue weighted by Gasteiger charge is 2.44. The average molecular weight is 456 g/mol. The Morgan fingerprint density at radius 2 is 1.58 bits per heavy atom. The Hall–Kier alpha value is -2.45. The molecule has 33 heavy (non-hydrogen) atoms. The molecule has 1 N–H and O–H groups in total. The normalized spacial score (nSPS) is 25.8. The van der Waals surface area contributed by atoms with Gasteiger partial charge in [-0.15, -0.1) is 0 Å². The van der Waals surface area contributed by atoms with Gasteiger partial charge in [0.2, 0.25) is 0 Å². The molecule has 1 heterocycles. The first kappa shape index (κ1) is 25.2. The molecule has 0 amide bonds. The van der Waals surface area contributed by atoms with E-state index in [1.807, 2.05) is 74.5 Å². The maximum absolute atomic E-state index is 10.7. The lowest BCUT2D eigenvalue weighted by molar-refractivity contribution is -0.294. The number of aliphatic hydroxyl groups is 1. The molecule has 0 bridgehead atoms. The molecule has 4 unspecified atom stereocenters. The minimum atomic E-state index is -1.09. The zero-order valence-electron chi connectivity index (χ0n) is 19.2. The van der Waals surface area contributed by atoms with E-state index >= 15 is 0 Å². The van der Waals surface area contributed by atoms with Gasteiger partial charge < -0.3 is 24.1 Å². The van der Waals surface area contributed by atoms with Gasteiger partial charge in [0.05, 0.1) is 25.9 Å². The largest absolute Gasteiger partial charge is 0.378 e. The van der Waals surface area contributed by atoms with Crippen molar-refractivity contribution in [2.24, 2.45) is 17.0 Å². The fourth-order valence-electron chi connectivity index (χ4n) is 3.89. The number of azide groups is 1. The lowest BCUT2D eigenvalue weighted by Gasteiger charge is -2.43. The highest BCUT2D eigenvalue weighted by atomic mass is 16.7. The summed E-state index contributed by atoms with van der Waals surface area (Å²) in [6.07, 6.45) is -2.41. The summed E-state index contributed by atoms with van der Waals surface area (Å²) in [7, 11) is 0. The number of hydrogen-bond donors (Lipinski definition) is 1. The number of rotatable bonds is 12. The molecule has 6 atom stereocenters. The second kappa shape index (κ2) is 13.3. The van der Waals surface area contributed by atoms with E-state index in [9.17, 15) is 5.11 Å². The molecule has 8 nitrogen and oxygen atoms in total. The highest BCUT2D eigenvalue weighted by Crippen LogP contribution is 2.31. The number of ether oxygens (including phenoxy) is 4. The molecule has 178 valence electrons. The zero-order valence-corrected chi connectivity index (χ0v) is 19.2. The van der Waals surface area contributed by atoms with Gasteiger partial charge in [-0.05, 0) is 22.6 Å². The van der Waals surface area contributed by atoms with E-state index in [1.54, 1.807) is 0 Å². The topological polar surface area (TPSA) is 106 Å². The quantitative estimate of drug-likeness (QED) is 0.289. The molecule has 0 aliphatic carbocycles. The molecule has 0 aromatic heterocycles. The fourth-order valence-corrected chi connectivity index (χ4v) is 3.89. The fraction of sp³-hybridized carbons (Fsp3) is 0.520. The SMILES string of the molecule is CC(CN=[N+]=[N-])COCC1OC(O)C(OCc2ccccc2)[C@@H](C)[C@H]1OCc1ccccc1. The van der Waals surface area contributed by atoms with Crippen LogP contribution in [0.1, 0.15) is 25.0 Å². The number of aliphatic hydroxyl groups excluding tert-OH is 1. The van der Waals surface area contributed by atoms with Crippen LogP contribution in [0.25, 0.3) is 10.4 Å². The lowest BCUT2D eigenvalue weighted by Crippen LogP contribution is -2.56. The first-order valence-corrected chi connectivity index (χ1v) is 11.3. The van der Waals surface area contributed by atoms with Crippen LogP contribution in [0.4, 0.5) is 0 Å². The summed E-state index contributed by atoms with van der Waals surface area (Å²) in [6.45, 7) is 5.79. The number of benzene rings is 2. The van der Waals surface area contributed by atoms with Gasteiger partial charge in [-0.3, -0.25) is 0 Å². The van der Waals surface area contributed by atoms with Gasteiger partial charge in [-0.1, -0.05) is 79.6 Å². The lowest BCUT2D eigenvalue weighted by atomic mass is 9.90. The number of nitrogens with zero attached hydrogens (tertiary/aromatic N) is 3. The number of hydrogen-bond acceptors (Lipinski definition) is 6. The molecular weight excluding hydrogens is 422 g/mol. The van der Waals surface area contributed by atoms with Crippen molar-refractivity contribution in [3.63, 3.8) is 0 Å². The third-order valence-corrected chi connectivity index (χ3v) is 5.71. The zero-order chi connectivity index (χ0) is 23.5. The second-order valence-corrected chi connectivity index (χ2v) is 8.50. The Balaban J connectivity index is 1.63. The van der Waals surface area contributed by atoms with Crippen LogP contribution in [0.3, 0.4) is 0 Å². The molecule has 0 radical (unpaired) electrons. The smallest absolute Gasteiger partial charge is 0.182 e. The van der Waals surface area contributed by atoms with Gasteiger partial charge in [-0.25, -0.2) is 0 Å². The van der Waals surface area contributed by atoms with Crippen LogP contribution in [0.5, 0.6) is 0 Å². The van der Waals surface area contributed by atoms with E-state index in [0.717, 1.165) is 11.1 Å². The maximum Gasteiger partial charge on any atom is 0.182 e. The summed E-state index contributed by atoms with van der Waals surface area (Å²) >= 11 is 0. The van der Waals surface area contributed by atoms with Crippen molar-refractivity contribution in [1.82, 2.24) is 0 Å². The molecule has 2 aromatic carbocycles. The molecule has 1 aliphatic rings. The van der Waals surface area contributed by atoms with Crippen molar-refractivity contribution < 1.29 is 24.1 Å². The first-order valence-electron chi connectivity index (χ1n) is 11.3. The van der Waals surface area contributed by atoms with E-state index in [0.29, 0.717) is 26.4 Å². The molecule has 2 aromatic rings. The molecule has 1 fully saturated rings. The Labute approximate surface area is 195 Å². The summed E-state index contributed by atoms with van der Waals surface area (Å²) in [5.41, 5.74) is 10.6. The first-order chi connectivity index (χ1) is 16.1. The molecule has 1 saturated heterocycles. The van der Waals surface area contributed by atoms with E-state index in [2.05, 4.69) is 10.0 Å². The van der Waals surface area contributed by atoms with Crippen molar-refractivity contribution in [1.29, 1.82) is 0 Å². The Morgan fingerprint density at radius 3 is 2.15 bits per heavy atom. The summed E-state index contributed by atoms with van der Waals surface area (Å²) in [5.74, 6) is -0.0483. The van der Waals surface area contributed by atoms with Crippen LogP contribution < -0.4 is 0 Å². The Kier molecular flexibility index (Phi) is 10.2. The standard InChI is InChI=1S/C25H33N3O5/c1-18(13-27-28-26)14-30-17-22-23(31-15-20-9-5-3-6-10-20)19(2)24(25(29)33-22)32-16-21-11-7-4-8-12-21/h3-12,18-19,22-25,29H,13-17H2,1-2H3/t18?,19-,22?,23+,24?,25?/m0/s1. The van der Waals surface area contributed by atoms with Crippen molar-refractivity contribution >= 4 is 0 Å². The van der Waals surface area contributed by atoms with Crippen LogP contribution >= 0.6 is 0 Å². The van der Waals surface area contributed by atoms with Crippen LogP contribution in [-0.2, 0) is 32.2 Å². The van der Waals surface area contributed by atoms with E-state index in [4.69, 9.17) is 24.5 Å². The predicted molar refractivity (Wildman–Crippen MR) is 124 cm³/mol. The van der Waals surface area contributed by atoms with Crippen molar-refractivity contribution in [2.45, 2.75) is 51.7 Å². The van der Waals surface area contributed by atoms with Crippen LogP contribution in [0, 0.1) is 11.8 Å². The summed E-state index contributed by atoms with van der Waals surface area (Å²) < 4.78 is 24.1. The average Bonchev–Trinajstić information content (AvgIpc) is 2.83. The molecule has 8 heteroatoms. The highest BCUT2D eigenvalue weighted by molar-refractivity contribution is 5.14. The van der Waals surface area contributed by atoms with Crippen molar-refractivity contribution in [3.05, 3.63) is 82.2 Å². The summed E-state index contributed by atoms with van der Waals surface area (Å²) in [5, 5.41) is 14.3. The third kappa shape index (κ3) is 7.82. The van der Waals surface area contributed by atoms with Crippen LogP contribution in [0.15, 0.2) is 65.8 Å². The monoisotopic (exact) mass is 455 g/mol. The molecule has 1 aliphatic heterocycles. The van der Waals surface area contributed by atoms with Crippen molar-refractivity contribution in [2.75, 3.05) is 19.8 Å². The van der Waals surface area contributed by atoms with E-state index in [-0.39, 0.29) is 24.5 Å². The Bertz CT molecular complexity index is 863. The van der Waals surface area contributed by atoms with Crippen molar-refractivity contribution in [3.8, 4) is 0 Å². The van der Waals surface area contributed by atoms with Crippen LogP contribution in [0.2, 0.25) is 0 Å². The van der Waals surface area contributed by atoms with Gasteiger partial charge in [0.15, 0.2) is 6.29 Å². The third-order valence-electron chi connectivity index (χ3n) is 5.71. The van der Waals surface area contributed by atoms with E-state index < -0.39 is 18.5 Å². The van der Waals surface area contributed by atoms with Crippen LogP contribution in [-0.4, -0.2) is 49.5 Å². The molecule has 3 rings (SSSR count). The summed E-state index contributed by atoms with van der Waals surface area (Å²) in [4.78, 5) is 2.78. The second-order valence-electron chi connectivity index (χ2n) is 8.50. The van der Waals surface area contributed by atoms with E-state index in [1.165, 1.54) is 0 Å².